The van der Waals surface area contributed by atoms with Gasteiger partial charge in [0.05, 0.1) is 34.4 Å². The molecule has 0 N–H and O–H groups in total. The van der Waals surface area contributed by atoms with Gasteiger partial charge in [-0.15, -0.1) is 0 Å². The maximum atomic E-state index is 5.57. The number of hydrogen-bond donors (Lipinski definition) is 0. The summed E-state index contributed by atoms with van der Waals surface area (Å²) in [6.45, 7) is 2.26. The van der Waals surface area contributed by atoms with Crippen LogP contribution in [0.2, 0.25) is 0 Å². The lowest BCUT2D eigenvalue weighted by molar-refractivity contribution is -0.643. The minimum Gasteiger partial charge on any atom is -0.497 e. The second-order valence-corrected chi connectivity index (χ2v) is 8.54. The Labute approximate surface area is 179 Å². The molecule has 0 spiro atoms. The molecule has 3 heterocycles. The number of aryl methyl sites for hydroxylation is 2. The Hall–Kier alpha value is -3.85. The number of rotatable bonds is 1. The second-order valence-electron chi connectivity index (χ2n) is 8.54. The van der Waals surface area contributed by atoms with E-state index in [1.807, 2.05) is 0 Å². The van der Waals surface area contributed by atoms with Gasteiger partial charge in [0.25, 0.3) is 0 Å². The fourth-order valence-corrected chi connectivity index (χ4v) is 5.60. The number of methoxy groups -OCH3 is 1. The van der Waals surface area contributed by atoms with Crippen LogP contribution in [0.15, 0.2) is 72.9 Å². The minimum atomic E-state index is 0.889. The van der Waals surface area contributed by atoms with E-state index in [9.17, 15) is 0 Å². The first-order valence-electron chi connectivity index (χ1n) is 10.6. The third-order valence-corrected chi connectivity index (χ3v) is 7.00. The van der Waals surface area contributed by atoms with E-state index < -0.39 is 0 Å². The molecule has 7 aromatic rings. The number of pyridine rings is 2. The Balaban J connectivity index is 1.93. The first kappa shape index (κ1) is 16.9. The van der Waals surface area contributed by atoms with Crippen LogP contribution in [0.25, 0.3) is 59.8 Å². The zero-order chi connectivity index (χ0) is 20.9. The van der Waals surface area contributed by atoms with E-state index >= 15 is 0 Å². The topological polar surface area (TPSA) is 17.5 Å². The van der Waals surface area contributed by atoms with Crippen molar-refractivity contribution in [2.45, 2.75) is 6.92 Å². The van der Waals surface area contributed by atoms with Crippen LogP contribution < -0.4 is 9.30 Å². The van der Waals surface area contributed by atoms with E-state index in [1.165, 1.54) is 65.3 Å². The summed E-state index contributed by atoms with van der Waals surface area (Å²) < 4.78 is 10.3. The van der Waals surface area contributed by atoms with Crippen LogP contribution in [-0.2, 0) is 7.05 Å². The average molecular weight is 401 g/mol. The molecule has 0 fully saturated rings. The summed E-state index contributed by atoms with van der Waals surface area (Å²) >= 11 is 0. The first-order valence-corrected chi connectivity index (χ1v) is 10.6. The zero-order valence-corrected chi connectivity index (χ0v) is 17.7. The van der Waals surface area contributed by atoms with Crippen LogP contribution in [0.4, 0.5) is 0 Å². The van der Waals surface area contributed by atoms with Crippen LogP contribution in [0, 0.1) is 6.92 Å². The molecule has 3 aromatic heterocycles. The predicted octanol–water partition coefficient (Wildman–Crippen LogP) is 6.28. The summed E-state index contributed by atoms with van der Waals surface area (Å²) in [5.41, 5.74) is 6.38. The molecular formula is C28H21N2O+. The molecule has 0 amide bonds. The minimum absolute atomic E-state index is 0.889. The van der Waals surface area contributed by atoms with Crippen molar-refractivity contribution in [3.63, 3.8) is 0 Å². The number of nitrogens with zero attached hydrogens (tertiary/aromatic N) is 2. The number of ether oxygens (including phenoxy) is 1. The molecular weight excluding hydrogens is 380 g/mol. The smallest absolute Gasteiger partial charge is 0.224 e. The van der Waals surface area contributed by atoms with Crippen molar-refractivity contribution in [2.75, 3.05) is 7.11 Å². The van der Waals surface area contributed by atoms with Gasteiger partial charge in [0.2, 0.25) is 5.52 Å². The SMILES string of the molecule is COc1ccc2c(c1)c1ccc3cc[n+](C)c4c5c(C)c6ccccc6cc5n2c1c34. The van der Waals surface area contributed by atoms with E-state index in [0.29, 0.717) is 0 Å². The van der Waals surface area contributed by atoms with Gasteiger partial charge in [-0.05, 0) is 52.9 Å². The molecule has 148 valence electrons. The van der Waals surface area contributed by atoms with Crippen molar-refractivity contribution in [2.24, 2.45) is 7.05 Å². The quantitative estimate of drug-likeness (QED) is 0.180. The number of fused-ring (bicyclic) bond motifs is 7. The Bertz CT molecular complexity index is 1840. The molecule has 31 heavy (non-hydrogen) atoms. The summed E-state index contributed by atoms with van der Waals surface area (Å²) in [6, 6.07) is 24.2. The molecule has 0 bridgehead atoms. The van der Waals surface area contributed by atoms with E-state index in [4.69, 9.17) is 4.74 Å². The zero-order valence-electron chi connectivity index (χ0n) is 17.7. The summed E-state index contributed by atoms with van der Waals surface area (Å²) in [6.07, 6.45) is 2.18. The van der Waals surface area contributed by atoms with Crippen LogP contribution >= 0.6 is 0 Å². The Kier molecular flexibility index (Phi) is 3.07. The van der Waals surface area contributed by atoms with E-state index in [2.05, 4.69) is 95.9 Å². The van der Waals surface area contributed by atoms with Crippen molar-refractivity contribution in [1.29, 1.82) is 0 Å². The van der Waals surface area contributed by atoms with Crippen molar-refractivity contribution in [3.8, 4) is 5.75 Å². The van der Waals surface area contributed by atoms with Crippen molar-refractivity contribution in [1.82, 2.24) is 4.40 Å². The number of aromatic nitrogens is 2. The third kappa shape index (κ3) is 1.96. The van der Waals surface area contributed by atoms with Gasteiger partial charge in [-0.2, -0.15) is 0 Å². The average Bonchev–Trinajstić information content (AvgIpc) is 3.14. The van der Waals surface area contributed by atoms with Gasteiger partial charge >= 0.3 is 0 Å². The number of benzene rings is 4. The molecule has 0 aliphatic rings. The van der Waals surface area contributed by atoms with Gasteiger partial charge in [-0.1, -0.05) is 36.4 Å². The van der Waals surface area contributed by atoms with Gasteiger partial charge in [0.1, 0.15) is 12.8 Å². The molecule has 0 saturated carbocycles. The molecule has 0 atom stereocenters. The van der Waals surface area contributed by atoms with Crippen LogP contribution in [-0.4, -0.2) is 11.5 Å². The lowest BCUT2D eigenvalue weighted by Gasteiger charge is -2.14. The molecule has 3 nitrogen and oxygen atoms in total. The van der Waals surface area contributed by atoms with Gasteiger partial charge < -0.3 is 9.14 Å². The highest BCUT2D eigenvalue weighted by Crippen LogP contribution is 2.42. The molecule has 4 aromatic carbocycles. The lowest BCUT2D eigenvalue weighted by Crippen LogP contribution is -2.28. The summed E-state index contributed by atoms with van der Waals surface area (Å²) in [4.78, 5) is 0. The Morgan fingerprint density at radius 3 is 2.52 bits per heavy atom. The highest BCUT2D eigenvalue weighted by atomic mass is 16.5. The molecule has 7 rings (SSSR count). The van der Waals surface area contributed by atoms with Gasteiger partial charge in [-0.25, -0.2) is 4.57 Å². The Morgan fingerprint density at radius 2 is 1.65 bits per heavy atom. The highest BCUT2D eigenvalue weighted by molar-refractivity contribution is 6.28. The first-order chi connectivity index (χ1) is 15.2. The third-order valence-electron chi connectivity index (χ3n) is 7.00. The van der Waals surface area contributed by atoms with Crippen molar-refractivity contribution < 1.29 is 9.30 Å². The maximum absolute atomic E-state index is 5.57. The van der Waals surface area contributed by atoms with E-state index in [-0.39, 0.29) is 0 Å². The fraction of sp³-hybridized carbons (Fsp3) is 0.107. The molecule has 0 radical (unpaired) electrons. The van der Waals surface area contributed by atoms with Crippen LogP contribution in [0.1, 0.15) is 5.56 Å². The van der Waals surface area contributed by atoms with Gasteiger partial charge in [-0.3, -0.25) is 0 Å². The van der Waals surface area contributed by atoms with Crippen LogP contribution in [0.3, 0.4) is 0 Å². The fourth-order valence-electron chi connectivity index (χ4n) is 5.60. The molecule has 0 unspecified atom stereocenters. The summed E-state index contributed by atoms with van der Waals surface area (Å²) in [7, 11) is 3.89. The normalized spacial score (nSPS) is 12.4. The second kappa shape index (κ2) is 5.64. The van der Waals surface area contributed by atoms with Crippen LogP contribution in [0.5, 0.6) is 5.75 Å². The Morgan fingerprint density at radius 1 is 0.774 bits per heavy atom. The van der Waals surface area contributed by atoms with Crippen molar-refractivity contribution >= 4 is 59.8 Å². The maximum Gasteiger partial charge on any atom is 0.224 e. The summed E-state index contributed by atoms with van der Waals surface area (Å²) in [5, 5.41) is 9.00. The molecule has 3 heteroatoms. The summed E-state index contributed by atoms with van der Waals surface area (Å²) in [5.74, 6) is 0.889. The van der Waals surface area contributed by atoms with E-state index in [0.717, 1.165) is 5.75 Å². The van der Waals surface area contributed by atoms with Gasteiger partial charge in [0, 0.05) is 16.8 Å². The molecule has 0 aliphatic carbocycles. The predicted molar refractivity (Wildman–Crippen MR) is 129 cm³/mol. The largest absolute Gasteiger partial charge is 0.497 e. The number of hydrogen-bond acceptors (Lipinski definition) is 1. The molecule has 0 saturated heterocycles. The molecule has 0 aliphatic heterocycles. The van der Waals surface area contributed by atoms with E-state index in [1.54, 1.807) is 7.11 Å². The lowest BCUT2D eigenvalue weighted by atomic mass is 9.96. The monoisotopic (exact) mass is 401 g/mol. The highest BCUT2D eigenvalue weighted by Gasteiger charge is 2.24. The standard InChI is InChI=1S/C28H21N2O/c1-16-20-7-5-4-6-18(20)14-24-25(16)28-26-17(12-13-29(28)2)8-10-21-22-15-19(31-3)9-11-23(22)30(24)27(21)26/h4-15H,1-3H3/q+1. The van der Waals surface area contributed by atoms with Crippen molar-refractivity contribution in [3.05, 3.63) is 78.5 Å². The van der Waals surface area contributed by atoms with Gasteiger partial charge in [0.15, 0.2) is 6.20 Å².